The zero-order valence-corrected chi connectivity index (χ0v) is 23.1. The summed E-state index contributed by atoms with van der Waals surface area (Å²) in [7, 11) is 3.05. The molecule has 4 aromatic rings. The third kappa shape index (κ3) is 7.42. The van der Waals surface area contributed by atoms with Crippen molar-refractivity contribution >= 4 is 46.5 Å². The third-order valence-corrected chi connectivity index (χ3v) is 7.09. The number of carbonyl (C=O) groups excluding carboxylic acids is 3. The molecular formula is C31H29N3O5S. The van der Waals surface area contributed by atoms with Gasteiger partial charge < -0.3 is 25.4 Å². The molecule has 0 aliphatic heterocycles. The Morgan fingerprint density at radius 2 is 1.25 bits per heavy atom. The van der Waals surface area contributed by atoms with Gasteiger partial charge in [0.25, 0.3) is 5.91 Å². The number of hydrogen-bond donors (Lipinski definition) is 3. The molecule has 0 aliphatic rings. The van der Waals surface area contributed by atoms with Crippen molar-refractivity contribution in [2.45, 2.75) is 17.1 Å². The highest BCUT2D eigenvalue weighted by Crippen LogP contribution is 2.37. The monoisotopic (exact) mass is 555 g/mol. The summed E-state index contributed by atoms with van der Waals surface area (Å²) >= 11 is 1.40. The molecule has 0 fully saturated rings. The summed E-state index contributed by atoms with van der Waals surface area (Å²) in [6.07, 6.45) is 0. The number of methoxy groups -OCH3 is 2. The average Bonchev–Trinajstić information content (AvgIpc) is 2.97. The fourth-order valence-corrected chi connectivity index (χ4v) is 4.91. The van der Waals surface area contributed by atoms with Crippen molar-refractivity contribution in [3.63, 3.8) is 0 Å². The first-order valence-corrected chi connectivity index (χ1v) is 13.3. The van der Waals surface area contributed by atoms with Crippen LogP contribution in [0, 0.1) is 0 Å². The number of benzene rings is 4. The van der Waals surface area contributed by atoms with Crippen LogP contribution in [0.15, 0.2) is 102 Å². The quantitative estimate of drug-likeness (QED) is 0.196. The number of anilines is 3. The summed E-state index contributed by atoms with van der Waals surface area (Å²) < 4.78 is 10.5. The van der Waals surface area contributed by atoms with Crippen molar-refractivity contribution in [2.24, 2.45) is 0 Å². The van der Waals surface area contributed by atoms with Crippen LogP contribution in [0.3, 0.4) is 0 Å². The van der Waals surface area contributed by atoms with Gasteiger partial charge in [-0.2, -0.15) is 0 Å². The molecule has 40 heavy (non-hydrogen) atoms. The molecule has 3 amide bonds. The van der Waals surface area contributed by atoms with Gasteiger partial charge in [0.05, 0.1) is 14.2 Å². The Balaban J connectivity index is 1.46. The Hall–Kier alpha value is -4.76. The highest BCUT2D eigenvalue weighted by atomic mass is 32.2. The average molecular weight is 556 g/mol. The van der Waals surface area contributed by atoms with Gasteiger partial charge in [-0.05, 0) is 72.3 Å². The van der Waals surface area contributed by atoms with Crippen LogP contribution in [0.5, 0.6) is 11.5 Å². The van der Waals surface area contributed by atoms with Gasteiger partial charge >= 0.3 is 0 Å². The molecule has 9 heteroatoms. The lowest BCUT2D eigenvalue weighted by Gasteiger charge is -2.18. The Morgan fingerprint density at radius 1 is 0.675 bits per heavy atom. The molecule has 0 bridgehead atoms. The molecule has 204 valence electrons. The van der Waals surface area contributed by atoms with Crippen LogP contribution in [0.2, 0.25) is 0 Å². The second kappa shape index (κ2) is 13.3. The zero-order chi connectivity index (χ0) is 28.5. The molecule has 0 aliphatic carbocycles. The molecule has 0 heterocycles. The van der Waals surface area contributed by atoms with Crippen molar-refractivity contribution in [2.75, 3.05) is 30.2 Å². The largest absolute Gasteiger partial charge is 0.493 e. The summed E-state index contributed by atoms with van der Waals surface area (Å²) in [6.45, 7) is 1.44. The fourth-order valence-electron chi connectivity index (χ4n) is 3.88. The predicted molar refractivity (Wildman–Crippen MR) is 158 cm³/mol. The number of hydrogen-bond acceptors (Lipinski definition) is 6. The second-order valence-corrected chi connectivity index (χ2v) is 9.88. The second-order valence-electron chi connectivity index (χ2n) is 8.70. The minimum absolute atomic E-state index is 0.163. The molecule has 0 aromatic heterocycles. The number of amides is 3. The lowest BCUT2D eigenvalue weighted by molar-refractivity contribution is -0.116. The molecule has 0 spiro atoms. The smallest absolute Gasteiger partial charge is 0.255 e. The van der Waals surface area contributed by atoms with Crippen molar-refractivity contribution in [3.8, 4) is 11.5 Å². The SMILES string of the molecule is COc1ccc(C(=O)Nc2ccc(SC(C(=O)Nc3ccc(NC(C)=O)cc3)c3ccccc3)cc2)cc1OC. The molecule has 8 nitrogen and oxygen atoms in total. The Labute approximate surface area is 237 Å². The van der Waals surface area contributed by atoms with E-state index in [0.717, 1.165) is 10.5 Å². The number of nitrogens with one attached hydrogen (secondary N) is 3. The first kappa shape index (κ1) is 28.3. The molecule has 4 aromatic carbocycles. The lowest BCUT2D eigenvalue weighted by Crippen LogP contribution is -2.19. The highest BCUT2D eigenvalue weighted by molar-refractivity contribution is 8.00. The van der Waals surface area contributed by atoms with Crippen LogP contribution < -0.4 is 25.4 Å². The van der Waals surface area contributed by atoms with Gasteiger partial charge in [0.2, 0.25) is 11.8 Å². The van der Waals surface area contributed by atoms with Gasteiger partial charge in [-0.1, -0.05) is 30.3 Å². The summed E-state index contributed by atoms with van der Waals surface area (Å²) in [6, 6.07) is 28.7. The van der Waals surface area contributed by atoms with Gasteiger partial charge in [0.15, 0.2) is 11.5 Å². The van der Waals surface area contributed by atoms with Gasteiger partial charge in [-0.3, -0.25) is 14.4 Å². The van der Waals surface area contributed by atoms with E-state index >= 15 is 0 Å². The molecule has 4 rings (SSSR count). The molecule has 0 saturated heterocycles. The van der Waals surface area contributed by atoms with E-state index in [1.807, 2.05) is 42.5 Å². The van der Waals surface area contributed by atoms with E-state index < -0.39 is 5.25 Å². The standard InChI is InChI=1S/C31H29N3O5S/c1-20(35)32-23-10-12-24(13-11-23)34-31(37)29(21-7-5-4-6-8-21)40-26-16-14-25(15-17-26)33-30(36)22-9-18-27(38-2)28(19-22)39-3/h4-19,29H,1-3H3,(H,32,35)(H,33,36)(H,34,37). The fraction of sp³-hybridized carbons (Fsp3) is 0.129. The van der Waals surface area contributed by atoms with Crippen LogP contribution >= 0.6 is 11.8 Å². The van der Waals surface area contributed by atoms with Crippen LogP contribution in [0.25, 0.3) is 0 Å². The van der Waals surface area contributed by atoms with Crippen molar-refractivity contribution in [3.05, 3.63) is 108 Å². The lowest BCUT2D eigenvalue weighted by atomic mass is 10.1. The third-order valence-electron chi connectivity index (χ3n) is 5.83. The van der Waals surface area contributed by atoms with Gasteiger partial charge in [0.1, 0.15) is 5.25 Å². The molecule has 0 saturated carbocycles. The maximum atomic E-state index is 13.4. The van der Waals surface area contributed by atoms with Crippen LogP contribution in [-0.2, 0) is 9.59 Å². The zero-order valence-electron chi connectivity index (χ0n) is 22.3. The summed E-state index contributed by atoms with van der Waals surface area (Å²) in [5.41, 5.74) is 3.17. The van der Waals surface area contributed by atoms with Crippen LogP contribution in [0.4, 0.5) is 17.1 Å². The summed E-state index contributed by atoms with van der Waals surface area (Å²) in [5, 5.41) is 8.03. The maximum absolute atomic E-state index is 13.4. The first-order valence-electron chi connectivity index (χ1n) is 12.4. The first-order chi connectivity index (χ1) is 19.4. The van der Waals surface area contributed by atoms with E-state index in [-0.39, 0.29) is 17.7 Å². The van der Waals surface area contributed by atoms with Crippen molar-refractivity contribution in [1.82, 2.24) is 0 Å². The molecule has 3 N–H and O–H groups in total. The Morgan fingerprint density at radius 3 is 1.85 bits per heavy atom. The Kier molecular flexibility index (Phi) is 9.43. The van der Waals surface area contributed by atoms with E-state index in [2.05, 4.69) is 16.0 Å². The maximum Gasteiger partial charge on any atom is 0.255 e. The van der Waals surface area contributed by atoms with E-state index in [4.69, 9.17) is 9.47 Å². The van der Waals surface area contributed by atoms with Crippen molar-refractivity contribution in [1.29, 1.82) is 0 Å². The summed E-state index contributed by atoms with van der Waals surface area (Å²) in [5.74, 6) is 0.376. The van der Waals surface area contributed by atoms with E-state index in [1.165, 1.54) is 32.9 Å². The minimum atomic E-state index is -0.525. The van der Waals surface area contributed by atoms with Crippen molar-refractivity contribution < 1.29 is 23.9 Å². The topological polar surface area (TPSA) is 106 Å². The highest BCUT2D eigenvalue weighted by Gasteiger charge is 2.22. The Bertz CT molecular complexity index is 1480. The van der Waals surface area contributed by atoms with E-state index in [9.17, 15) is 14.4 Å². The van der Waals surface area contributed by atoms with Gasteiger partial charge in [0, 0.05) is 34.4 Å². The number of ether oxygens (including phenoxy) is 2. The van der Waals surface area contributed by atoms with E-state index in [1.54, 1.807) is 54.6 Å². The minimum Gasteiger partial charge on any atom is -0.493 e. The summed E-state index contributed by atoms with van der Waals surface area (Å²) in [4.78, 5) is 38.3. The normalized spacial score (nSPS) is 11.2. The number of carbonyl (C=O) groups is 3. The van der Waals surface area contributed by atoms with E-state index in [0.29, 0.717) is 34.1 Å². The van der Waals surface area contributed by atoms with Crippen LogP contribution in [0.1, 0.15) is 28.1 Å². The van der Waals surface area contributed by atoms with Crippen LogP contribution in [-0.4, -0.2) is 31.9 Å². The predicted octanol–water partition coefficient (Wildman–Crippen LogP) is 6.39. The molecule has 0 radical (unpaired) electrons. The van der Waals surface area contributed by atoms with Gasteiger partial charge in [-0.15, -0.1) is 11.8 Å². The molecular weight excluding hydrogens is 526 g/mol. The number of thioether (sulfide) groups is 1. The molecule has 1 atom stereocenters. The van der Waals surface area contributed by atoms with Gasteiger partial charge in [-0.25, -0.2) is 0 Å². The molecule has 1 unspecified atom stereocenters. The number of rotatable bonds is 10.